The van der Waals surface area contributed by atoms with Gasteiger partial charge in [-0.1, -0.05) is 44.7 Å². The van der Waals surface area contributed by atoms with Crippen LogP contribution in [0.25, 0.3) is 11.5 Å². The zero-order chi connectivity index (χ0) is 20.5. The monoisotopic (exact) mass is 402 g/mol. The third kappa shape index (κ3) is 4.47. The summed E-state index contributed by atoms with van der Waals surface area (Å²) >= 11 is 1.07. The number of benzene rings is 2. The maximum absolute atomic E-state index is 13.3. The van der Waals surface area contributed by atoms with Crippen molar-refractivity contribution in [1.29, 1.82) is 0 Å². The zero-order valence-electron chi connectivity index (χ0n) is 16.0. The lowest BCUT2D eigenvalue weighted by molar-refractivity contribution is 0.0993. The van der Waals surface area contributed by atoms with Gasteiger partial charge in [0.2, 0.25) is 5.89 Å². The molecular weight excluding hydrogens is 382 g/mol. The number of hydrogen-bond donors (Lipinski definition) is 0. The smallest absolute Gasteiger partial charge is 0.277 e. The summed E-state index contributed by atoms with van der Waals surface area (Å²) in [7, 11) is 0. The molecule has 3 aromatic rings. The maximum atomic E-state index is 13.3. The molecule has 0 N–H and O–H groups in total. The summed E-state index contributed by atoms with van der Waals surface area (Å²) in [5, 5.41) is 7.64. The van der Waals surface area contributed by atoms with Crippen LogP contribution in [0.3, 0.4) is 0 Å². The van der Waals surface area contributed by atoms with Gasteiger partial charge in [-0.2, -0.15) is 0 Å². The summed E-state index contributed by atoms with van der Waals surface area (Å²) in [6.45, 7) is 8.05. The van der Waals surface area contributed by atoms with Gasteiger partial charge in [0.1, 0.15) is 0 Å². The highest BCUT2D eigenvalue weighted by atomic mass is 32.2. The van der Waals surface area contributed by atoms with E-state index in [2.05, 4.69) is 31.0 Å². The van der Waals surface area contributed by atoms with E-state index in [1.54, 1.807) is 6.92 Å². The molecule has 0 amide bonds. The Hall–Kier alpha value is -2.54. The minimum Gasteiger partial charge on any atom is -0.411 e. The van der Waals surface area contributed by atoms with E-state index in [0.717, 1.165) is 29.5 Å². The van der Waals surface area contributed by atoms with E-state index in [4.69, 9.17) is 4.42 Å². The summed E-state index contributed by atoms with van der Waals surface area (Å²) < 4.78 is 32.0. The molecule has 0 aliphatic rings. The Morgan fingerprint density at radius 1 is 1.04 bits per heavy atom. The first kappa shape index (κ1) is 20.2. The molecule has 7 heteroatoms. The van der Waals surface area contributed by atoms with Crippen molar-refractivity contribution < 1.29 is 18.0 Å². The van der Waals surface area contributed by atoms with Crippen LogP contribution in [0.5, 0.6) is 0 Å². The van der Waals surface area contributed by atoms with Crippen LogP contribution in [0.4, 0.5) is 8.78 Å². The average molecular weight is 402 g/mol. The zero-order valence-corrected chi connectivity index (χ0v) is 16.8. The highest BCUT2D eigenvalue weighted by molar-refractivity contribution is 8.00. The van der Waals surface area contributed by atoms with Crippen LogP contribution in [0, 0.1) is 11.6 Å². The van der Waals surface area contributed by atoms with Crippen LogP contribution in [0.2, 0.25) is 0 Å². The lowest BCUT2D eigenvalue weighted by Gasteiger charge is -2.18. The first-order valence-electron chi connectivity index (χ1n) is 8.75. The highest BCUT2D eigenvalue weighted by Gasteiger charge is 2.21. The fraction of sp³-hybridized carbons (Fsp3) is 0.286. The molecule has 0 fully saturated rings. The van der Waals surface area contributed by atoms with Gasteiger partial charge in [-0.3, -0.25) is 4.79 Å². The van der Waals surface area contributed by atoms with E-state index >= 15 is 0 Å². The van der Waals surface area contributed by atoms with E-state index in [1.165, 1.54) is 11.6 Å². The number of halogens is 2. The van der Waals surface area contributed by atoms with Crippen LogP contribution in [0.15, 0.2) is 52.1 Å². The molecule has 146 valence electrons. The van der Waals surface area contributed by atoms with Gasteiger partial charge >= 0.3 is 0 Å². The Morgan fingerprint density at radius 3 is 2.32 bits per heavy atom. The molecule has 4 nitrogen and oxygen atoms in total. The van der Waals surface area contributed by atoms with E-state index < -0.39 is 16.9 Å². The molecule has 0 aliphatic heterocycles. The summed E-state index contributed by atoms with van der Waals surface area (Å²) in [5.74, 6) is -2.04. The van der Waals surface area contributed by atoms with Gasteiger partial charge in [-0.15, -0.1) is 10.2 Å². The largest absolute Gasteiger partial charge is 0.411 e. The van der Waals surface area contributed by atoms with Gasteiger partial charge in [0.15, 0.2) is 17.4 Å². The Kier molecular flexibility index (Phi) is 5.65. The third-order valence-electron chi connectivity index (χ3n) is 4.26. The Morgan fingerprint density at radius 2 is 1.71 bits per heavy atom. The van der Waals surface area contributed by atoms with Crippen molar-refractivity contribution in [2.45, 2.75) is 43.6 Å². The molecule has 0 saturated carbocycles. The standard InChI is InChI=1S/C21H20F2N2O2S/c1-12(18(26)14-7-10-16(22)17(23)11-14)28-20-25-24-19(27-20)13-5-8-15(9-6-13)21(2,3)4/h5-12H,1-4H3/t12-/m0/s1. The van der Waals surface area contributed by atoms with Crippen molar-refractivity contribution in [3.63, 3.8) is 0 Å². The molecule has 3 rings (SSSR count). The highest BCUT2D eigenvalue weighted by Crippen LogP contribution is 2.29. The molecule has 1 atom stereocenters. The number of nitrogens with zero attached hydrogens (tertiary/aromatic N) is 2. The quantitative estimate of drug-likeness (QED) is 0.406. The van der Waals surface area contributed by atoms with Gasteiger partial charge in [0, 0.05) is 11.1 Å². The van der Waals surface area contributed by atoms with Crippen molar-refractivity contribution in [2.24, 2.45) is 0 Å². The molecule has 2 aromatic carbocycles. The number of aromatic nitrogens is 2. The number of carbonyl (C=O) groups is 1. The predicted molar refractivity (Wildman–Crippen MR) is 104 cm³/mol. The molecular formula is C21H20F2N2O2S. The maximum Gasteiger partial charge on any atom is 0.277 e. The van der Waals surface area contributed by atoms with Crippen molar-refractivity contribution >= 4 is 17.5 Å². The third-order valence-corrected chi connectivity index (χ3v) is 5.19. The second-order valence-electron chi connectivity index (χ2n) is 7.45. The van der Waals surface area contributed by atoms with Gasteiger partial charge in [0.25, 0.3) is 5.22 Å². The average Bonchev–Trinajstić information content (AvgIpc) is 3.11. The second kappa shape index (κ2) is 7.83. The summed E-state index contributed by atoms with van der Waals surface area (Å²) in [6, 6.07) is 10.9. The van der Waals surface area contributed by atoms with E-state index in [-0.39, 0.29) is 22.0 Å². The van der Waals surface area contributed by atoms with Gasteiger partial charge < -0.3 is 4.42 Å². The normalized spacial score (nSPS) is 12.8. The molecule has 0 bridgehead atoms. The minimum absolute atomic E-state index is 0.0456. The van der Waals surface area contributed by atoms with Gasteiger partial charge in [-0.05, 0) is 48.2 Å². The van der Waals surface area contributed by atoms with Crippen molar-refractivity contribution in [1.82, 2.24) is 10.2 Å². The Labute approximate surface area is 166 Å². The summed E-state index contributed by atoms with van der Waals surface area (Å²) in [5.41, 5.74) is 2.11. The number of Topliss-reactive ketones (excluding diaryl/α,β-unsaturated/α-hetero) is 1. The van der Waals surface area contributed by atoms with Gasteiger partial charge in [0.05, 0.1) is 5.25 Å². The SMILES string of the molecule is C[C@H](Sc1nnc(-c2ccc(C(C)(C)C)cc2)o1)C(=O)c1ccc(F)c(F)c1. The number of carbonyl (C=O) groups excluding carboxylic acids is 1. The van der Waals surface area contributed by atoms with Crippen molar-refractivity contribution in [3.05, 3.63) is 65.2 Å². The van der Waals surface area contributed by atoms with Gasteiger partial charge in [-0.25, -0.2) is 8.78 Å². The minimum atomic E-state index is -1.05. The lowest BCUT2D eigenvalue weighted by Crippen LogP contribution is -2.14. The fourth-order valence-electron chi connectivity index (χ4n) is 2.58. The lowest BCUT2D eigenvalue weighted by atomic mass is 9.87. The van der Waals surface area contributed by atoms with Crippen LogP contribution in [0.1, 0.15) is 43.6 Å². The molecule has 0 unspecified atom stereocenters. The fourth-order valence-corrected chi connectivity index (χ4v) is 3.34. The Balaban J connectivity index is 1.71. The molecule has 1 aromatic heterocycles. The molecule has 0 radical (unpaired) electrons. The van der Waals surface area contributed by atoms with Crippen LogP contribution in [-0.4, -0.2) is 21.2 Å². The van der Waals surface area contributed by atoms with Crippen molar-refractivity contribution in [3.8, 4) is 11.5 Å². The number of rotatable bonds is 5. The summed E-state index contributed by atoms with van der Waals surface area (Å²) in [4.78, 5) is 12.4. The molecule has 0 saturated heterocycles. The first-order chi connectivity index (χ1) is 13.1. The van der Waals surface area contributed by atoms with Crippen LogP contribution >= 0.6 is 11.8 Å². The number of thioether (sulfide) groups is 1. The topological polar surface area (TPSA) is 56.0 Å². The number of hydrogen-bond acceptors (Lipinski definition) is 5. The van der Waals surface area contributed by atoms with E-state index in [0.29, 0.717) is 5.89 Å². The molecule has 0 spiro atoms. The summed E-state index contributed by atoms with van der Waals surface area (Å²) in [6.07, 6.45) is 0. The second-order valence-corrected chi connectivity index (χ2v) is 8.75. The number of ketones is 1. The van der Waals surface area contributed by atoms with Crippen molar-refractivity contribution in [2.75, 3.05) is 0 Å². The Bertz CT molecular complexity index is 994. The van der Waals surface area contributed by atoms with E-state index in [9.17, 15) is 13.6 Å². The van der Waals surface area contributed by atoms with Crippen LogP contribution in [-0.2, 0) is 5.41 Å². The predicted octanol–water partition coefficient (Wildman–Crippen LogP) is 5.68. The molecule has 1 heterocycles. The van der Waals surface area contributed by atoms with Crippen LogP contribution < -0.4 is 0 Å². The van der Waals surface area contributed by atoms with E-state index in [1.807, 2.05) is 24.3 Å². The first-order valence-corrected chi connectivity index (χ1v) is 9.63. The molecule has 28 heavy (non-hydrogen) atoms. The molecule has 0 aliphatic carbocycles.